The molecule has 3 aromatic rings. The molecule has 0 spiro atoms. The monoisotopic (exact) mass is 436 g/mol. The van der Waals surface area contributed by atoms with Crippen molar-refractivity contribution in [1.29, 1.82) is 0 Å². The van der Waals surface area contributed by atoms with E-state index < -0.39 is 0 Å². The van der Waals surface area contributed by atoms with E-state index in [2.05, 4.69) is 38.2 Å². The smallest absolute Gasteiger partial charge is 0.244 e. The Morgan fingerprint density at radius 3 is 2.67 bits per heavy atom. The summed E-state index contributed by atoms with van der Waals surface area (Å²) in [5, 5.41) is 15.0. The van der Waals surface area contributed by atoms with E-state index in [4.69, 9.17) is 5.11 Å². The average Bonchev–Trinajstić information content (AvgIpc) is 2.93. The molecule has 0 aliphatic carbocycles. The second-order valence-corrected chi connectivity index (χ2v) is 6.46. The number of para-hydroxylation sites is 2. The van der Waals surface area contributed by atoms with Crippen LogP contribution < -0.4 is 10.6 Å². The first-order valence-electron chi connectivity index (χ1n) is 7.53. The predicted molar refractivity (Wildman–Crippen MR) is 103 cm³/mol. The van der Waals surface area contributed by atoms with Crippen LogP contribution in [0.3, 0.4) is 0 Å². The summed E-state index contributed by atoms with van der Waals surface area (Å²) in [7, 11) is 0. The van der Waals surface area contributed by atoms with Crippen LogP contribution in [0, 0.1) is 3.57 Å². The van der Waals surface area contributed by atoms with Crippen LogP contribution in [0.2, 0.25) is 0 Å². The standard InChI is InChI=1S/C17H17IN4O2/c18-12-5-7-13(8-6-12)20-16(24)11-22-15-4-2-1-3-14(15)21-17(22)19-9-10-23/h1-8,23H,9-11H2,(H,19,21)(H,20,24). The van der Waals surface area contributed by atoms with Crippen LogP contribution >= 0.6 is 22.6 Å². The number of carbonyl (C=O) groups is 1. The summed E-state index contributed by atoms with van der Waals surface area (Å²) in [6.45, 7) is 0.514. The van der Waals surface area contributed by atoms with E-state index in [0.717, 1.165) is 20.3 Å². The van der Waals surface area contributed by atoms with E-state index in [1.165, 1.54) is 0 Å². The summed E-state index contributed by atoms with van der Waals surface area (Å²) < 4.78 is 2.93. The number of hydrogen-bond donors (Lipinski definition) is 3. The first kappa shape index (κ1) is 16.7. The highest BCUT2D eigenvalue weighted by molar-refractivity contribution is 14.1. The van der Waals surface area contributed by atoms with Crippen molar-refractivity contribution < 1.29 is 9.90 Å². The molecular formula is C17H17IN4O2. The number of hydrogen-bond acceptors (Lipinski definition) is 4. The fourth-order valence-electron chi connectivity index (χ4n) is 2.42. The molecule has 2 aromatic carbocycles. The van der Waals surface area contributed by atoms with Gasteiger partial charge in [0.2, 0.25) is 11.9 Å². The van der Waals surface area contributed by atoms with Gasteiger partial charge in [0.25, 0.3) is 0 Å². The third-order valence-electron chi connectivity index (χ3n) is 3.48. The Balaban J connectivity index is 1.82. The Morgan fingerprint density at radius 1 is 1.17 bits per heavy atom. The molecule has 0 aliphatic heterocycles. The Labute approximate surface area is 153 Å². The first-order chi connectivity index (χ1) is 11.7. The van der Waals surface area contributed by atoms with E-state index >= 15 is 0 Å². The van der Waals surface area contributed by atoms with Gasteiger partial charge in [0.05, 0.1) is 17.6 Å². The summed E-state index contributed by atoms with van der Waals surface area (Å²) in [4.78, 5) is 16.9. The van der Waals surface area contributed by atoms with Gasteiger partial charge in [-0.3, -0.25) is 4.79 Å². The molecule has 124 valence electrons. The number of aliphatic hydroxyl groups is 1. The van der Waals surface area contributed by atoms with E-state index in [1.807, 2.05) is 53.1 Å². The lowest BCUT2D eigenvalue weighted by Crippen LogP contribution is -2.21. The maximum absolute atomic E-state index is 12.4. The highest BCUT2D eigenvalue weighted by Crippen LogP contribution is 2.20. The number of nitrogens with zero attached hydrogens (tertiary/aromatic N) is 2. The zero-order chi connectivity index (χ0) is 16.9. The highest BCUT2D eigenvalue weighted by Gasteiger charge is 2.13. The molecule has 7 heteroatoms. The number of nitrogens with one attached hydrogen (secondary N) is 2. The van der Waals surface area contributed by atoms with E-state index in [9.17, 15) is 4.79 Å². The van der Waals surface area contributed by atoms with E-state index in [0.29, 0.717) is 12.5 Å². The van der Waals surface area contributed by atoms with Crippen molar-refractivity contribution in [2.45, 2.75) is 6.54 Å². The number of imidazole rings is 1. The summed E-state index contributed by atoms with van der Waals surface area (Å²) in [5.41, 5.74) is 2.44. The maximum Gasteiger partial charge on any atom is 0.244 e. The largest absolute Gasteiger partial charge is 0.395 e. The Bertz CT molecular complexity index is 845. The number of fused-ring (bicyclic) bond motifs is 1. The first-order valence-corrected chi connectivity index (χ1v) is 8.60. The fraction of sp³-hybridized carbons (Fsp3) is 0.176. The molecule has 0 unspecified atom stereocenters. The minimum Gasteiger partial charge on any atom is -0.395 e. The number of halogens is 1. The molecule has 0 aliphatic rings. The molecule has 0 saturated heterocycles. The van der Waals surface area contributed by atoms with Gasteiger partial charge in [0.1, 0.15) is 6.54 Å². The zero-order valence-electron chi connectivity index (χ0n) is 12.9. The van der Waals surface area contributed by atoms with Gasteiger partial charge >= 0.3 is 0 Å². The SMILES string of the molecule is O=C(Cn1c(NCCO)nc2ccccc21)Nc1ccc(I)cc1. The number of benzene rings is 2. The van der Waals surface area contributed by atoms with Crippen molar-refractivity contribution in [1.82, 2.24) is 9.55 Å². The summed E-state index contributed by atoms with van der Waals surface area (Å²) in [6.07, 6.45) is 0. The minimum atomic E-state index is -0.133. The van der Waals surface area contributed by atoms with Crippen LogP contribution in [0.15, 0.2) is 48.5 Å². The quantitative estimate of drug-likeness (QED) is 0.520. The van der Waals surface area contributed by atoms with Crippen LogP contribution in [0.1, 0.15) is 0 Å². The van der Waals surface area contributed by atoms with Gasteiger partial charge in [-0.25, -0.2) is 4.98 Å². The lowest BCUT2D eigenvalue weighted by Gasteiger charge is -2.11. The van der Waals surface area contributed by atoms with Crippen molar-refractivity contribution in [3.05, 3.63) is 52.1 Å². The van der Waals surface area contributed by atoms with Crippen LogP contribution in [0.4, 0.5) is 11.6 Å². The molecule has 6 nitrogen and oxygen atoms in total. The second-order valence-electron chi connectivity index (χ2n) is 5.22. The van der Waals surface area contributed by atoms with Gasteiger partial charge < -0.3 is 20.3 Å². The van der Waals surface area contributed by atoms with Crippen LogP contribution in [0.5, 0.6) is 0 Å². The molecule has 1 amide bonds. The Hall–Kier alpha value is -2.13. The van der Waals surface area contributed by atoms with Crippen molar-refractivity contribution in [3.8, 4) is 0 Å². The lowest BCUT2D eigenvalue weighted by atomic mass is 10.3. The summed E-state index contributed by atoms with van der Waals surface area (Å²) >= 11 is 2.22. The van der Waals surface area contributed by atoms with E-state index in [-0.39, 0.29) is 19.1 Å². The zero-order valence-corrected chi connectivity index (χ0v) is 15.0. The molecule has 0 radical (unpaired) electrons. The van der Waals surface area contributed by atoms with Gasteiger partial charge in [-0.1, -0.05) is 12.1 Å². The molecular weight excluding hydrogens is 419 g/mol. The Kier molecular flexibility index (Phi) is 5.31. The van der Waals surface area contributed by atoms with Crippen LogP contribution in [0.25, 0.3) is 11.0 Å². The number of carbonyl (C=O) groups excluding carboxylic acids is 1. The molecule has 1 heterocycles. The predicted octanol–water partition coefficient (Wildman–Crippen LogP) is 2.68. The van der Waals surface area contributed by atoms with E-state index in [1.54, 1.807) is 0 Å². The number of anilines is 2. The normalized spacial score (nSPS) is 10.8. The maximum atomic E-state index is 12.4. The molecule has 0 saturated carbocycles. The van der Waals surface area contributed by atoms with Gasteiger partial charge in [-0.15, -0.1) is 0 Å². The van der Waals surface area contributed by atoms with Crippen molar-refractivity contribution in [3.63, 3.8) is 0 Å². The molecule has 0 fully saturated rings. The van der Waals surface area contributed by atoms with Crippen molar-refractivity contribution in [2.75, 3.05) is 23.8 Å². The number of aliphatic hydroxyl groups excluding tert-OH is 1. The third kappa shape index (κ3) is 3.85. The van der Waals surface area contributed by atoms with Gasteiger partial charge in [0, 0.05) is 15.8 Å². The number of rotatable bonds is 6. The van der Waals surface area contributed by atoms with Crippen molar-refractivity contribution in [2.24, 2.45) is 0 Å². The fourth-order valence-corrected chi connectivity index (χ4v) is 2.78. The second kappa shape index (κ2) is 7.63. The third-order valence-corrected chi connectivity index (χ3v) is 4.20. The molecule has 3 rings (SSSR count). The van der Waals surface area contributed by atoms with Gasteiger partial charge in [-0.05, 0) is 59.0 Å². The number of aromatic nitrogens is 2. The highest BCUT2D eigenvalue weighted by atomic mass is 127. The van der Waals surface area contributed by atoms with Gasteiger partial charge in [-0.2, -0.15) is 0 Å². The topological polar surface area (TPSA) is 79.2 Å². The molecule has 24 heavy (non-hydrogen) atoms. The number of amides is 1. The summed E-state index contributed by atoms with van der Waals surface area (Å²) in [5.74, 6) is 0.439. The minimum absolute atomic E-state index is 0.00193. The Morgan fingerprint density at radius 2 is 1.92 bits per heavy atom. The summed E-state index contributed by atoms with van der Waals surface area (Å²) in [6, 6.07) is 15.3. The molecule has 0 atom stereocenters. The van der Waals surface area contributed by atoms with Gasteiger partial charge in [0.15, 0.2) is 0 Å². The van der Waals surface area contributed by atoms with Crippen LogP contribution in [-0.2, 0) is 11.3 Å². The molecule has 1 aromatic heterocycles. The molecule has 0 bridgehead atoms. The average molecular weight is 436 g/mol. The lowest BCUT2D eigenvalue weighted by molar-refractivity contribution is -0.116. The van der Waals surface area contributed by atoms with Crippen LogP contribution in [-0.4, -0.2) is 33.7 Å². The van der Waals surface area contributed by atoms with Crippen molar-refractivity contribution >= 4 is 51.2 Å². The molecule has 3 N–H and O–H groups in total.